The predicted molar refractivity (Wildman–Crippen MR) is 70.5 cm³/mol. The smallest absolute Gasteiger partial charge is 0.342 e. The molecule has 0 spiro atoms. The Hall–Kier alpha value is -2.08. The number of methoxy groups -OCH3 is 2. The number of carbonyl (C=O) groups excluding carboxylic acids is 1. The average Bonchev–Trinajstić information content (AvgIpc) is 2.48. The molecule has 0 saturated heterocycles. The molecule has 0 saturated carbocycles. The summed E-state index contributed by atoms with van der Waals surface area (Å²) in [6, 6.07) is 7.49. The lowest BCUT2D eigenvalue weighted by atomic mass is 10.3. The van der Waals surface area contributed by atoms with Gasteiger partial charge in [-0.2, -0.15) is 0 Å². The molecule has 2 rings (SSSR count). The van der Waals surface area contributed by atoms with Gasteiger partial charge in [-0.1, -0.05) is 11.8 Å². The molecule has 19 heavy (non-hydrogen) atoms. The number of rotatable bonds is 4. The summed E-state index contributed by atoms with van der Waals surface area (Å²) in [4.78, 5) is 20.5. The summed E-state index contributed by atoms with van der Waals surface area (Å²) < 4.78 is 9.79. The summed E-state index contributed by atoms with van der Waals surface area (Å²) in [5.41, 5.74) is 0.353. The van der Waals surface area contributed by atoms with Crippen LogP contribution in [0.5, 0.6) is 5.75 Å². The van der Waals surface area contributed by atoms with E-state index >= 15 is 0 Å². The minimum absolute atomic E-state index is 0.353. The van der Waals surface area contributed by atoms with Crippen molar-refractivity contribution in [2.24, 2.45) is 0 Å². The molecule has 0 radical (unpaired) electrons. The molecule has 0 atom stereocenters. The van der Waals surface area contributed by atoms with Crippen LogP contribution in [0, 0.1) is 0 Å². The first-order valence-corrected chi connectivity index (χ1v) is 6.26. The van der Waals surface area contributed by atoms with E-state index in [0.29, 0.717) is 10.6 Å². The zero-order chi connectivity index (χ0) is 13.7. The highest BCUT2D eigenvalue weighted by molar-refractivity contribution is 7.99. The fraction of sp³-hybridized carbons (Fsp3) is 0.154. The summed E-state index contributed by atoms with van der Waals surface area (Å²) in [6.45, 7) is 0. The van der Waals surface area contributed by atoms with E-state index in [2.05, 4.69) is 9.97 Å². The van der Waals surface area contributed by atoms with Gasteiger partial charge in [0.05, 0.1) is 14.2 Å². The van der Waals surface area contributed by atoms with Crippen molar-refractivity contribution < 1.29 is 14.3 Å². The molecule has 98 valence electrons. The van der Waals surface area contributed by atoms with E-state index in [1.165, 1.54) is 31.4 Å². The van der Waals surface area contributed by atoms with E-state index in [1.807, 2.05) is 24.3 Å². The molecule has 0 aliphatic rings. The Labute approximate surface area is 115 Å². The third-order valence-electron chi connectivity index (χ3n) is 2.35. The highest BCUT2D eigenvalue weighted by Gasteiger charge is 2.14. The Morgan fingerprint density at radius 2 is 1.95 bits per heavy atom. The van der Waals surface area contributed by atoms with Gasteiger partial charge in [0, 0.05) is 11.1 Å². The molecule has 2 aromatic rings. The van der Waals surface area contributed by atoms with Crippen molar-refractivity contribution >= 4 is 17.7 Å². The lowest BCUT2D eigenvalue weighted by molar-refractivity contribution is 0.0595. The van der Waals surface area contributed by atoms with Gasteiger partial charge < -0.3 is 9.47 Å². The van der Waals surface area contributed by atoms with Crippen LogP contribution in [0.2, 0.25) is 0 Å². The quantitative estimate of drug-likeness (QED) is 0.631. The van der Waals surface area contributed by atoms with Crippen LogP contribution in [0.1, 0.15) is 10.4 Å². The first-order valence-electron chi connectivity index (χ1n) is 5.45. The van der Waals surface area contributed by atoms with Crippen molar-refractivity contribution in [2.75, 3.05) is 14.2 Å². The van der Waals surface area contributed by atoms with Crippen LogP contribution in [0.25, 0.3) is 0 Å². The summed E-state index contributed by atoms with van der Waals surface area (Å²) in [5, 5.41) is 0.562. The third-order valence-corrected chi connectivity index (χ3v) is 3.38. The molecular weight excluding hydrogens is 264 g/mol. The Balaban J connectivity index is 2.25. The van der Waals surface area contributed by atoms with Crippen molar-refractivity contribution in [3.8, 4) is 5.75 Å². The fourth-order valence-electron chi connectivity index (χ4n) is 1.41. The van der Waals surface area contributed by atoms with E-state index < -0.39 is 5.97 Å². The highest BCUT2D eigenvalue weighted by atomic mass is 32.2. The average molecular weight is 276 g/mol. The van der Waals surface area contributed by atoms with Crippen molar-refractivity contribution in [3.05, 3.63) is 42.4 Å². The standard InChI is InChI=1S/C13H12N2O3S/c1-17-9-3-5-10(6-4-9)19-12-11(13(16)18-2)7-14-8-15-12/h3-8H,1-2H3. The molecule has 1 aromatic heterocycles. The minimum Gasteiger partial charge on any atom is -0.497 e. The molecule has 0 fully saturated rings. The van der Waals surface area contributed by atoms with Crippen molar-refractivity contribution in [2.45, 2.75) is 9.92 Å². The van der Waals surface area contributed by atoms with Gasteiger partial charge in [-0.3, -0.25) is 0 Å². The normalized spacial score (nSPS) is 10.0. The van der Waals surface area contributed by atoms with Gasteiger partial charge in [0.15, 0.2) is 0 Å². The molecule has 5 nitrogen and oxygen atoms in total. The Kier molecular flexibility index (Phi) is 4.35. The molecule has 0 bridgehead atoms. The molecule has 0 aliphatic carbocycles. The van der Waals surface area contributed by atoms with Gasteiger partial charge in [-0.15, -0.1) is 0 Å². The zero-order valence-electron chi connectivity index (χ0n) is 10.5. The second kappa shape index (κ2) is 6.19. The maximum atomic E-state index is 11.6. The van der Waals surface area contributed by atoms with E-state index in [9.17, 15) is 4.79 Å². The van der Waals surface area contributed by atoms with Crippen molar-refractivity contribution in [3.63, 3.8) is 0 Å². The van der Waals surface area contributed by atoms with Crippen LogP contribution >= 0.6 is 11.8 Å². The summed E-state index contributed by atoms with van der Waals surface area (Å²) >= 11 is 1.37. The zero-order valence-corrected chi connectivity index (χ0v) is 11.3. The summed E-state index contributed by atoms with van der Waals surface area (Å²) in [5.74, 6) is 0.330. The van der Waals surface area contributed by atoms with E-state index in [4.69, 9.17) is 9.47 Å². The second-order valence-electron chi connectivity index (χ2n) is 3.51. The highest BCUT2D eigenvalue weighted by Crippen LogP contribution is 2.29. The molecule has 1 heterocycles. The van der Waals surface area contributed by atoms with Crippen LogP contribution in [0.3, 0.4) is 0 Å². The minimum atomic E-state index is -0.448. The number of ether oxygens (including phenoxy) is 2. The Morgan fingerprint density at radius 1 is 1.21 bits per heavy atom. The molecular formula is C13H12N2O3S. The maximum absolute atomic E-state index is 11.6. The van der Waals surface area contributed by atoms with Crippen LogP contribution in [0.4, 0.5) is 0 Å². The molecule has 0 amide bonds. The monoisotopic (exact) mass is 276 g/mol. The number of esters is 1. The topological polar surface area (TPSA) is 61.3 Å². The van der Waals surface area contributed by atoms with Gasteiger partial charge in [0.25, 0.3) is 0 Å². The molecule has 0 aliphatic heterocycles. The van der Waals surface area contributed by atoms with Crippen LogP contribution < -0.4 is 4.74 Å². The largest absolute Gasteiger partial charge is 0.497 e. The van der Waals surface area contributed by atoms with Crippen molar-refractivity contribution in [1.82, 2.24) is 9.97 Å². The first kappa shape index (κ1) is 13.4. The number of benzene rings is 1. The number of hydrogen-bond donors (Lipinski definition) is 0. The number of carbonyl (C=O) groups is 1. The van der Waals surface area contributed by atoms with Crippen LogP contribution in [-0.4, -0.2) is 30.2 Å². The predicted octanol–water partition coefficient (Wildman–Crippen LogP) is 2.42. The van der Waals surface area contributed by atoms with E-state index in [-0.39, 0.29) is 0 Å². The van der Waals surface area contributed by atoms with Gasteiger partial charge in [-0.05, 0) is 24.3 Å². The van der Waals surface area contributed by atoms with Crippen LogP contribution in [0.15, 0.2) is 46.7 Å². The van der Waals surface area contributed by atoms with Gasteiger partial charge >= 0.3 is 5.97 Å². The second-order valence-corrected chi connectivity index (χ2v) is 4.57. The lowest BCUT2D eigenvalue weighted by Crippen LogP contribution is -2.05. The van der Waals surface area contributed by atoms with Crippen molar-refractivity contribution in [1.29, 1.82) is 0 Å². The van der Waals surface area contributed by atoms with E-state index in [1.54, 1.807) is 7.11 Å². The molecule has 0 unspecified atom stereocenters. The number of aromatic nitrogens is 2. The fourth-order valence-corrected chi connectivity index (χ4v) is 2.25. The summed E-state index contributed by atoms with van der Waals surface area (Å²) in [7, 11) is 2.94. The molecule has 6 heteroatoms. The number of hydrogen-bond acceptors (Lipinski definition) is 6. The number of nitrogens with zero attached hydrogens (tertiary/aromatic N) is 2. The molecule has 1 aromatic carbocycles. The van der Waals surface area contributed by atoms with Crippen LogP contribution in [-0.2, 0) is 4.74 Å². The molecule has 0 N–H and O–H groups in total. The van der Waals surface area contributed by atoms with Gasteiger partial charge in [0.1, 0.15) is 22.7 Å². The van der Waals surface area contributed by atoms with Gasteiger partial charge in [-0.25, -0.2) is 14.8 Å². The Morgan fingerprint density at radius 3 is 2.58 bits per heavy atom. The first-order chi connectivity index (χ1) is 9.24. The maximum Gasteiger partial charge on any atom is 0.342 e. The lowest BCUT2D eigenvalue weighted by Gasteiger charge is -2.06. The SMILES string of the molecule is COC(=O)c1cncnc1Sc1ccc(OC)cc1. The summed E-state index contributed by atoms with van der Waals surface area (Å²) in [6.07, 6.45) is 2.85. The van der Waals surface area contributed by atoms with E-state index in [0.717, 1.165) is 10.6 Å². The Bertz CT molecular complexity index is 572. The van der Waals surface area contributed by atoms with Gasteiger partial charge in [0.2, 0.25) is 0 Å². The third kappa shape index (κ3) is 3.23.